The van der Waals surface area contributed by atoms with Gasteiger partial charge in [0.05, 0.1) is 36.1 Å². The Labute approximate surface area is 438 Å². The minimum Gasteiger partial charge on any atom is -0.494 e. The van der Waals surface area contributed by atoms with Crippen molar-refractivity contribution in [3.05, 3.63) is 94.6 Å². The average molecular weight is 1050 g/mol. The molecule has 0 aliphatic rings. The molecule has 0 fully saturated rings. The van der Waals surface area contributed by atoms with Gasteiger partial charge in [0.15, 0.2) is 6.29 Å². The summed E-state index contributed by atoms with van der Waals surface area (Å²) in [7, 11) is 6.25. The molecule has 0 bridgehead atoms. The first-order valence-electron chi connectivity index (χ1n) is 24.2. The average Bonchev–Trinajstić information content (AvgIpc) is 4.18. The summed E-state index contributed by atoms with van der Waals surface area (Å²) in [5.74, 6) is -1.70. The molecule has 0 aliphatic heterocycles. The molecule has 2 aromatic carbocycles. The van der Waals surface area contributed by atoms with E-state index in [1.165, 1.54) is 42.2 Å². The van der Waals surface area contributed by atoms with Gasteiger partial charge in [0.25, 0.3) is 5.91 Å². The van der Waals surface area contributed by atoms with Crippen molar-refractivity contribution in [2.24, 2.45) is 11.5 Å². The van der Waals surface area contributed by atoms with Gasteiger partial charge in [-0.05, 0) is 83.5 Å². The highest BCUT2D eigenvalue weighted by Gasteiger charge is 2.24. The number of likely N-dealkylation sites (N-methyl/N-ethyl adjacent to an activating group) is 2. The van der Waals surface area contributed by atoms with Gasteiger partial charge < -0.3 is 50.5 Å². The molecular formula is C51H65N15O10. The van der Waals surface area contributed by atoms with Crippen LogP contribution in [0.25, 0.3) is 22.1 Å². The fraction of sp³-hybridized carbons (Fsp3) is 0.373. The first kappa shape index (κ1) is 57.7. The zero-order valence-electron chi connectivity index (χ0n) is 44.1. The number of hydrogen-bond donors (Lipinski definition) is 5. The Morgan fingerprint density at radius 1 is 0.776 bits per heavy atom. The number of nitrogens with zero attached hydrogens (tertiary/aromatic N) is 10. The number of rotatable bonds is 25. The van der Waals surface area contributed by atoms with Gasteiger partial charge in [-0.15, -0.1) is 0 Å². The molecule has 0 saturated heterocycles. The van der Waals surface area contributed by atoms with E-state index in [1.807, 2.05) is 37.5 Å². The number of anilines is 2. The van der Waals surface area contributed by atoms with Gasteiger partial charge >= 0.3 is 0 Å². The number of carbonyl (C=O) groups is 8. The van der Waals surface area contributed by atoms with Crippen LogP contribution >= 0.6 is 0 Å². The van der Waals surface area contributed by atoms with Gasteiger partial charge in [0.1, 0.15) is 46.2 Å². The van der Waals surface area contributed by atoms with Crippen LogP contribution in [0.2, 0.25) is 0 Å². The number of primary amides is 2. The maximum Gasteiger partial charge on any atom is 0.276 e. The summed E-state index contributed by atoms with van der Waals surface area (Å²) in [6.07, 6.45) is 7.53. The van der Waals surface area contributed by atoms with Crippen molar-refractivity contribution in [3.63, 3.8) is 0 Å². The van der Waals surface area contributed by atoms with Crippen molar-refractivity contribution in [2.45, 2.75) is 79.7 Å². The summed E-state index contributed by atoms with van der Waals surface area (Å²) in [5, 5.41) is 17.1. The number of aldehydes is 2. The van der Waals surface area contributed by atoms with Crippen LogP contribution in [0.3, 0.4) is 0 Å². The number of carbonyl (C=O) groups excluding carboxylic acids is 8. The Morgan fingerprint density at radius 3 is 1.92 bits per heavy atom. The fourth-order valence-corrected chi connectivity index (χ4v) is 7.99. The lowest BCUT2D eigenvalue weighted by atomic mass is 10.1. The number of allylic oxidation sites excluding steroid dienone is 3. The minimum atomic E-state index is -0.844. The number of nitrogens with one attached hydrogen (secondary N) is 3. The highest BCUT2D eigenvalue weighted by atomic mass is 16.5. The lowest BCUT2D eigenvalue weighted by Gasteiger charge is -2.23. The van der Waals surface area contributed by atoms with Crippen molar-refractivity contribution in [1.29, 1.82) is 0 Å². The molecule has 404 valence electrons. The number of aromatic nitrogens is 8. The van der Waals surface area contributed by atoms with Gasteiger partial charge in [-0.1, -0.05) is 12.2 Å². The van der Waals surface area contributed by atoms with Crippen molar-refractivity contribution >= 4 is 82.0 Å². The summed E-state index contributed by atoms with van der Waals surface area (Å²) in [4.78, 5) is 109. The van der Waals surface area contributed by atoms with Gasteiger partial charge in [-0.2, -0.15) is 10.2 Å². The summed E-state index contributed by atoms with van der Waals surface area (Å²) in [6.45, 7) is 11.2. The zero-order valence-corrected chi connectivity index (χ0v) is 44.1. The first-order valence-corrected chi connectivity index (χ1v) is 24.2. The maximum atomic E-state index is 13.6. The molecule has 25 heteroatoms. The van der Waals surface area contributed by atoms with Crippen molar-refractivity contribution < 1.29 is 47.8 Å². The van der Waals surface area contributed by atoms with E-state index >= 15 is 0 Å². The van der Waals surface area contributed by atoms with Crippen LogP contribution in [-0.4, -0.2) is 150 Å². The van der Waals surface area contributed by atoms with Crippen LogP contribution < -0.4 is 36.9 Å². The van der Waals surface area contributed by atoms with Crippen LogP contribution in [-0.2, 0) is 45.4 Å². The largest absolute Gasteiger partial charge is 0.494 e. The number of ether oxygens (including phenoxy) is 2. The third-order valence-corrected chi connectivity index (χ3v) is 11.8. The number of aryl methyl sites for hydroxylation is 4. The normalized spacial score (nSPS) is 11.5. The Hall–Kier alpha value is -9.16. The van der Waals surface area contributed by atoms with Gasteiger partial charge in [-0.3, -0.25) is 53.0 Å². The quantitative estimate of drug-likeness (QED) is 0.0238. The third-order valence-electron chi connectivity index (χ3n) is 11.8. The van der Waals surface area contributed by atoms with E-state index in [0.29, 0.717) is 75.8 Å². The molecular weight excluding hydrogens is 983 g/mol. The van der Waals surface area contributed by atoms with Crippen LogP contribution in [0.5, 0.6) is 11.5 Å². The summed E-state index contributed by atoms with van der Waals surface area (Å²) in [6, 6.07) is 8.75. The standard InChI is InChI=1S/C44H55N13O9.C7H10N2O/c1-8-57-32(21-26(2)52-57)41(63)51-44-50-30-22-28(39(45)61)24-33(65-7)37(30)56(44)17-10-9-16-55-38-31(49-43(55)47-4)23-29(40(46)62)25-34(38)66-20-12-15-54(6)42(64)27(3)48-35(59)14-18-53(5)36(60)13-11-19-58;1-3-9-7(5-10)4-6(2)8-9/h9-11,13,19,21-25,27H,8,12,14-18,20H2,1-7H3,(H2,45,61)(H2,46,62)(H,47,49)(H,48,59)(H,50,51,63);4-5H,3H2,1-2H3/b10-9+,13-11-;. The van der Waals surface area contributed by atoms with Crippen LogP contribution in [0.4, 0.5) is 11.9 Å². The Balaban J connectivity index is 0.000000954. The number of amides is 6. The Bertz CT molecular complexity index is 3180. The monoisotopic (exact) mass is 1050 g/mol. The lowest BCUT2D eigenvalue weighted by molar-refractivity contribution is -0.135. The molecule has 76 heavy (non-hydrogen) atoms. The second-order valence-electron chi connectivity index (χ2n) is 17.3. The molecule has 7 N–H and O–H groups in total. The smallest absolute Gasteiger partial charge is 0.276 e. The van der Waals surface area contributed by atoms with Gasteiger partial charge in [0.2, 0.25) is 41.4 Å². The predicted octanol–water partition coefficient (Wildman–Crippen LogP) is 3.03. The number of methoxy groups -OCH3 is 1. The molecule has 0 radical (unpaired) electrons. The molecule has 6 amide bonds. The van der Waals surface area contributed by atoms with Crippen LogP contribution in [0.15, 0.2) is 60.7 Å². The Kier molecular flexibility index (Phi) is 20.3. The van der Waals surface area contributed by atoms with E-state index in [0.717, 1.165) is 30.7 Å². The maximum absolute atomic E-state index is 13.6. The van der Waals surface area contributed by atoms with E-state index in [1.54, 1.807) is 60.1 Å². The molecule has 6 rings (SSSR count). The number of imidazole rings is 2. The molecule has 1 unspecified atom stereocenters. The van der Waals surface area contributed by atoms with Crippen molar-refractivity contribution in [1.82, 2.24) is 53.8 Å². The van der Waals surface area contributed by atoms with Gasteiger partial charge in [-0.25, -0.2) is 9.97 Å². The van der Waals surface area contributed by atoms with Crippen LogP contribution in [0, 0.1) is 13.8 Å². The molecule has 0 saturated carbocycles. The second-order valence-corrected chi connectivity index (χ2v) is 17.3. The van der Waals surface area contributed by atoms with Crippen molar-refractivity contribution in [3.8, 4) is 11.5 Å². The molecule has 4 aromatic heterocycles. The first-order chi connectivity index (χ1) is 36.3. The SMILES string of the molecule is CCn1nc(C)cc1C(=O)Nc1nc2cc(C(N)=O)cc(OC)c2n1C/C=C/Cn1c(NC)nc2cc(C(N)=O)cc(OCCCN(C)C(=O)C(C)NC(=O)CCN(C)C(=O)/C=C\C=O)c21.CCn1nc(C)cc1C=O. The highest BCUT2D eigenvalue weighted by Crippen LogP contribution is 2.33. The molecule has 6 aromatic rings. The lowest BCUT2D eigenvalue weighted by Crippen LogP contribution is -2.46. The van der Waals surface area contributed by atoms with Crippen LogP contribution in [0.1, 0.15) is 86.7 Å². The van der Waals surface area contributed by atoms with Crippen molar-refractivity contribution in [2.75, 3.05) is 58.6 Å². The zero-order chi connectivity index (χ0) is 55.8. The summed E-state index contributed by atoms with van der Waals surface area (Å²) >= 11 is 0. The number of fused-ring (bicyclic) bond motifs is 2. The number of hydrogen-bond acceptors (Lipinski definition) is 15. The highest BCUT2D eigenvalue weighted by molar-refractivity contribution is 6.04. The van der Waals surface area contributed by atoms with E-state index in [-0.39, 0.29) is 62.2 Å². The molecule has 0 aliphatic carbocycles. The number of benzene rings is 2. The summed E-state index contributed by atoms with van der Waals surface area (Å²) in [5.41, 5.74) is 16.1. The summed E-state index contributed by atoms with van der Waals surface area (Å²) < 4.78 is 18.8. The second kappa shape index (κ2) is 26.7. The molecule has 4 heterocycles. The van der Waals surface area contributed by atoms with E-state index < -0.39 is 35.6 Å². The Morgan fingerprint density at radius 2 is 1.36 bits per heavy atom. The topological polar surface area (TPSA) is 321 Å². The van der Waals surface area contributed by atoms with E-state index in [2.05, 4.69) is 31.1 Å². The third kappa shape index (κ3) is 14.3. The minimum absolute atomic E-state index is 0.0436. The predicted molar refractivity (Wildman–Crippen MR) is 283 cm³/mol. The number of nitrogens with two attached hydrogens (primary N) is 2. The molecule has 25 nitrogen and oxygen atoms in total. The molecule has 0 spiro atoms. The van der Waals surface area contributed by atoms with E-state index in [4.69, 9.17) is 25.9 Å². The molecule has 1 atom stereocenters. The van der Waals surface area contributed by atoms with Gasteiger partial charge in [0, 0.05) is 84.0 Å². The fourth-order valence-electron chi connectivity index (χ4n) is 7.99. The van der Waals surface area contributed by atoms with E-state index in [9.17, 15) is 38.4 Å².